The van der Waals surface area contributed by atoms with Gasteiger partial charge in [-0.15, -0.1) is 5.10 Å². The van der Waals surface area contributed by atoms with Crippen LogP contribution < -0.4 is 0 Å². The van der Waals surface area contributed by atoms with E-state index in [1.54, 1.807) is 0 Å². The number of ether oxygens (including phenoxy) is 1. The Labute approximate surface area is 133 Å². The van der Waals surface area contributed by atoms with Gasteiger partial charge in [-0.05, 0) is 51.7 Å². The molecule has 22 heavy (non-hydrogen) atoms. The van der Waals surface area contributed by atoms with Crippen LogP contribution in [0, 0.1) is 11.8 Å². The van der Waals surface area contributed by atoms with E-state index in [0.29, 0.717) is 11.8 Å². The number of hydrogen-bond acceptors (Lipinski definition) is 5. The van der Waals surface area contributed by atoms with Gasteiger partial charge in [0.15, 0.2) is 0 Å². The molecule has 124 valence electrons. The third-order valence-electron chi connectivity index (χ3n) is 4.28. The first-order valence-corrected chi connectivity index (χ1v) is 8.33. The standard InChI is InChI=1S/C16H28N4O2/c1-5-12-6-9-17-19-18-14(12)13-7-10-20(11-8-13)15(21)22-16(2,3)4/h12-13H,5-11H2,1-4H3. The van der Waals surface area contributed by atoms with Crippen LogP contribution in [-0.2, 0) is 4.74 Å². The van der Waals surface area contributed by atoms with Crippen LogP contribution in [0.1, 0.15) is 53.4 Å². The van der Waals surface area contributed by atoms with E-state index < -0.39 is 5.60 Å². The summed E-state index contributed by atoms with van der Waals surface area (Å²) in [5.41, 5.74) is 0.750. The minimum Gasteiger partial charge on any atom is -0.444 e. The maximum atomic E-state index is 12.1. The zero-order valence-corrected chi connectivity index (χ0v) is 14.2. The average Bonchev–Trinajstić information content (AvgIpc) is 2.70. The zero-order chi connectivity index (χ0) is 16.2. The summed E-state index contributed by atoms with van der Waals surface area (Å²) in [6.07, 6.45) is 3.77. The maximum absolute atomic E-state index is 12.1. The minimum absolute atomic E-state index is 0.208. The van der Waals surface area contributed by atoms with Crippen molar-refractivity contribution in [3.05, 3.63) is 0 Å². The second-order valence-corrected chi connectivity index (χ2v) is 7.11. The largest absolute Gasteiger partial charge is 0.444 e. The number of rotatable bonds is 2. The van der Waals surface area contributed by atoms with Gasteiger partial charge in [-0.25, -0.2) is 4.79 Å². The topological polar surface area (TPSA) is 66.6 Å². The highest BCUT2D eigenvalue weighted by Crippen LogP contribution is 2.27. The number of carbonyl (C=O) groups excluding carboxylic acids is 1. The fourth-order valence-corrected chi connectivity index (χ4v) is 3.08. The number of hydrogen-bond donors (Lipinski definition) is 0. The Hall–Kier alpha value is -1.46. The summed E-state index contributed by atoms with van der Waals surface area (Å²) in [7, 11) is 0. The Bertz CT molecular complexity index is 446. The molecule has 1 fully saturated rings. The van der Waals surface area contributed by atoms with Gasteiger partial charge in [0, 0.05) is 30.6 Å². The lowest BCUT2D eigenvalue weighted by Crippen LogP contribution is -2.43. The predicted octanol–water partition coefficient (Wildman–Crippen LogP) is 3.87. The van der Waals surface area contributed by atoms with Crippen LogP contribution in [0.4, 0.5) is 4.79 Å². The Morgan fingerprint density at radius 3 is 2.55 bits per heavy atom. The molecule has 2 aliphatic rings. The molecule has 0 bridgehead atoms. The van der Waals surface area contributed by atoms with Gasteiger partial charge in [0.2, 0.25) is 0 Å². The van der Waals surface area contributed by atoms with Crippen molar-refractivity contribution in [2.45, 2.75) is 59.0 Å². The highest BCUT2D eigenvalue weighted by atomic mass is 16.6. The Balaban J connectivity index is 1.92. The first-order valence-electron chi connectivity index (χ1n) is 8.33. The molecule has 1 atom stereocenters. The molecule has 0 aromatic carbocycles. The highest BCUT2D eigenvalue weighted by Gasteiger charge is 2.31. The first kappa shape index (κ1) is 16.9. The monoisotopic (exact) mass is 308 g/mol. The molecule has 0 saturated carbocycles. The summed E-state index contributed by atoms with van der Waals surface area (Å²) >= 11 is 0. The van der Waals surface area contributed by atoms with E-state index in [2.05, 4.69) is 22.4 Å². The summed E-state index contributed by atoms with van der Waals surface area (Å²) in [5, 5.41) is 12.4. The van der Waals surface area contributed by atoms with Crippen LogP contribution in [0.15, 0.2) is 15.4 Å². The summed E-state index contributed by atoms with van der Waals surface area (Å²) in [6, 6.07) is 0. The molecule has 2 rings (SSSR count). The predicted molar refractivity (Wildman–Crippen MR) is 86.1 cm³/mol. The normalized spacial score (nSPS) is 23.9. The lowest BCUT2D eigenvalue weighted by Gasteiger charge is -2.34. The van der Waals surface area contributed by atoms with Gasteiger partial charge in [0.25, 0.3) is 0 Å². The molecule has 0 N–H and O–H groups in total. The van der Waals surface area contributed by atoms with Gasteiger partial charge in [-0.3, -0.25) is 0 Å². The van der Waals surface area contributed by atoms with Crippen molar-refractivity contribution in [3.63, 3.8) is 0 Å². The summed E-state index contributed by atoms with van der Waals surface area (Å²) in [5.74, 6) is 0.897. The van der Waals surface area contributed by atoms with Crippen molar-refractivity contribution in [1.82, 2.24) is 4.90 Å². The zero-order valence-electron chi connectivity index (χ0n) is 14.2. The molecule has 1 unspecified atom stereocenters. The van der Waals surface area contributed by atoms with Gasteiger partial charge in [-0.1, -0.05) is 6.92 Å². The molecule has 6 heteroatoms. The van der Waals surface area contributed by atoms with E-state index >= 15 is 0 Å². The molecule has 2 heterocycles. The van der Waals surface area contributed by atoms with Crippen molar-refractivity contribution < 1.29 is 9.53 Å². The summed E-state index contributed by atoms with van der Waals surface area (Å²) in [4.78, 5) is 13.9. The molecule has 0 aromatic rings. The van der Waals surface area contributed by atoms with E-state index in [1.165, 1.54) is 5.71 Å². The molecule has 0 aromatic heterocycles. The van der Waals surface area contributed by atoms with Gasteiger partial charge in [0.05, 0.1) is 6.54 Å². The molecule has 1 saturated heterocycles. The molecule has 0 spiro atoms. The van der Waals surface area contributed by atoms with Gasteiger partial charge in [0.1, 0.15) is 5.60 Å². The lowest BCUT2D eigenvalue weighted by atomic mass is 9.82. The SMILES string of the molecule is CCC1CCN=NN=C1C1CCN(C(=O)OC(C)(C)C)CC1. The third kappa shape index (κ3) is 4.52. The van der Waals surface area contributed by atoms with Crippen LogP contribution in [0.2, 0.25) is 0 Å². The Morgan fingerprint density at radius 2 is 1.95 bits per heavy atom. The molecule has 0 radical (unpaired) electrons. The van der Waals surface area contributed by atoms with Crippen LogP contribution in [0.5, 0.6) is 0 Å². The number of nitrogens with zero attached hydrogens (tertiary/aromatic N) is 4. The van der Waals surface area contributed by atoms with Crippen molar-refractivity contribution in [2.24, 2.45) is 27.3 Å². The number of carbonyl (C=O) groups is 1. The smallest absolute Gasteiger partial charge is 0.410 e. The number of likely N-dealkylation sites (tertiary alicyclic amines) is 1. The van der Waals surface area contributed by atoms with E-state index in [9.17, 15) is 4.79 Å². The molecule has 6 nitrogen and oxygen atoms in total. The van der Waals surface area contributed by atoms with Crippen molar-refractivity contribution in [1.29, 1.82) is 0 Å². The van der Waals surface area contributed by atoms with Crippen molar-refractivity contribution >= 4 is 11.8 Å². The fraction of sp³-hybridized carbons (Fsp3) is 0.875. The van der Waals surface area contributed by atoms with E-state index in [0.717, 1.165) is 45.3 Å². The maximum Gasteiger partial charge on any atom is 0.410 e. The molecule has 2 aliphatic heterocycles. The second kappa shape index (κ2) is 7.20. The molecular weight excluding hydrogens is 280 g/mol. The van der Waals surface area contributed by atoms with Crippen LogP contribution >= 0.6 is 0 Å². The Morgan fingerprint density at radius 1 is 1.27 bits per heavy atom. The van der Waals surface area contributed by atoms with Gasteiger partial charge >= 0.3 is 6.09 Å². The van der Waals surface area contributed by atoms with Crippen molar-refractivity contribution in [3.8, 4) is 0 Å². The average molecular weight is 308 g/mol. The third-order valence-corrected chi connectivity index (χ3v) is 4.28. The van der Waals surface area contributed by atoms with E-state index in [-0.39, 0.29) is 6.09 Å². The quantitative estimate of drug-likeness (QED) is 0.777. The molecule has 0 aliphatic carbocycles. The van der Waals surface area contributed by atoms with E-state index in [4.69, 9.17) is 4.74 Å². The van der Waals surface area contributed by atoms with Crippen LogP contribution in [-0.4, -0.2) is 41.9 Å². The fourth-order valence-electron chi connectivity index (χ4n) is 3.08. The van der Waals surface area contributed by atoms with E-state index in [1.807, 2.05) is 25.7 Å². The second-order valence-electron chi connectivity index (χ2n) is 7.11. The lowest BCUT2D eigenvalue weighted by molar-refractivity contribution is 0.0200. The Kier molecular flexibility index (Phi) is 5.53. The van der Waals surface area contributed by atoms with Crippen LogP contribution in [0.25, 0.3) is 0 Å². The summed E-state index contributed by atoms with van der Waals surface area (Å²) in [6.45, 7) is 10.1. The molecule has 1 amide bonds. The first-order chi connectivity index (χ1) is 10.4. The van der Waals surface area contributed by atoms with Gasteiger partial charge in [-0.2, -0.15) is 5.11 Å². The highest BCUT2D eigenvalue weighted by molar-refractivity contribution is 5.89. The minimum atomic E-state index is -0.438. The molecular formula is C16H28N4O2. The number of piperidine rings is 1. The van der Waals surface area contributed by atoms with Crippen LogP contribution in [0.3, 0.4) is 0 Å². The summed E-state index contributed by atoms with van der Waals surface area (Å²) < 4.78 is 5.44. The van der Waals surface area contributed by atoms with Crippen molar-refractivity contribution in [2.75, 3.05) is 19.6 Å². The van der Waals surface area contributed by atoms with Gasteiger partial charge < -0.3 is 9.64 Å². The number of amides is 1.